The highest BCUT2D eigenvalue weighted by Gasteiger charge is 2.38. The maximum atomic E-state index is 14.0. The quantitative estimate of drug-likeness (QED) is 0.462. The molecule has 2 N–H and O–H groups in total. The van der Waals surface area contributed by atoms with Gasteiger partial charge in [0.2, 0.25) is 5.91 Å². The molecule has 1 heterocycles. The number of carboxylic acids is 1. The summed E-state index contributed by atoms with van der Waals surface area (Å²) in [6.45, 7) is 2.25. The van der Waals surface area contributed by atoms with Gasteiger partial charge in [-0.1, -0.05) is 25.8 Å². The van der Waals surface area contributed by atoms with Gasteiger partial charge in [0, 0.05) is 16.8 Å². The molecular weight excluding hydrogens is 458 g/mol. The Labute approximate surface area is 213 Å². The van der Waals surface area contributed by atoms with Crippen molar-refractivity contribution in [2.75, 3.05) is 4.90 Å². The van der Waals surface area contributed by atoms with E-state index in [2.05, 4.69) is 13.0 Å². The van der Waals surface area contributed by atoms with Crippen LogP contribution < -0.4 is 4.90 Å². The number of carbonyl (C=O) groups excluding carboxylic acids is 1. The fraction of sp³-hybridized carbons (Fsp3) is 0.724. The summed E-state index contributed by atoms with van der Waals surface area (Å²) in [5.74, 6) is 1.20. The first-order chi connectivity index (χ1) is 16.9. The number of aliphatic hydroxyl groups is 1. The summed E-state index contributed by atoms with van der Waals surface area (Å²) < 4.78 is 0. The summed E-state index contributed by atoms with van der Waals surface area (Å²) in [6.07, 6.45) is 16.2. The second kappa shape index (κ2) is 10.8. The summed E-state index contributed by atoms with van der Waals surface area (Å²) in [7, 11) is 0. The number of anilines is 1. The highest BCUT2D eigenvalue weighted by Crippen LogP contribution is 2.46. The number of aromatic carboxylic acids is 1. The van der Waals surface area contributed by atoms with E-state index in [0.29, 0.717) is 35.2 Å². The Morgan fingerprint density at radius 2 is 1.66 bits per heavy atom. The first-order valence-electron chi connectivity index (χ1n) is 14.0. The molecule has 1 aromatic heterocycles. The Bertz CT molecular complexity index is 952. The Balaban J connectivity index is 1.49. The minimum Gasteiger partial charge on any atom is -0.477 e. The van der Waals surface area contributed by atoms with Gasteiger partial charge in [0.25, 0.3) is 0 Å². The highest BCUT2D eigenvalue weighted by molar-refractivity contribution is 7.15. The van der Waals surface area contributed by atoms with Gasteiger partial charge >= 0.3 is 5.97 Å². The molecule has 0 aromatic carbocycles. The molecule has 4 aliphatic carbocycles. The van der Waals surface area contributed by atoms with Crippen LogP contribution in [0, 0.1) is 23.7 Å². The van der Waals surface area contributed by atoms with Gasteiger partial charge in [-0.25, -0.2) is 4.79 Å². The van der Waals surface area contributed by atoms with E-state index in [4.69, 9.17) is 0 Å². The molecule has 192 valence electrons. The lowest BCUT2D eigenvalue weighted by atomic mass is 9.72. The van der Waals surface area contributed by atoms with Gasteiger partial charge in [-0.15, -0.1) is 11.3 Å². The average Bonchev–Trinajstić information content (AvgIpc) is 3.31. The van der Waals surface area contributed by atoms with Gasteiger partial charge in [-0.2, -0.15) is 0 Å². The van der Waals surface area contributed by atoms with E-state index in [0.717, 1.165) is 55.7 Å². The molecule has 2 atom stereocenters. The smallest absolute Gasteiger partial charge is 0.348 e. The molecule has 3 saturated carbocycles. The van der Waals surface area contributed by atoms with Crippen LogP contribution in [0.4, 0.5) is 5.69 Å². The number of nitrogens with zero attached hydrogens (tertiary/aromatic N) is 1. The van der Waals surface area contributed by atoms with Crippen molar-refractivity contribution < 1.29 is 19.8 Å². The summed E-state index contributed by atoms with van der Waals surface area (Å²) in [6, 6.07) is 1.99. The lowest BCUT2D eigenvalue weighted by Crippen LogP contribution is -2.47. The fourth-order valence-electron chi connectivity index (χ4n) is 7.09. The third kappa shape index (κ3) is 5.39. The molecule has 4 aliphatic rings. The predicted octanol–water partition coefficient (Wildman–Crippen LogP) is 6.89. The van der Waals surface area contributed by atoms with E-state index < -0.39 is 5.97 Å². The van der Waals surface area contributed by atoms with E-state index in [-0.39, 0.29) is 24.0 Å². The molecule has 5 rings (SSSR count). The summed E-state index contributed by atoms with van der Waals surface area (Å²) in [5, 5.41) is 20.3. The Kier molecular flexibility index (Phi) is 7.69. The highest BCUT2D eigenvalue weighted by atomic mass is 32.1. The van der Waals surface area contributed by atoms with Crippen molar-refractivity contribution in [3.63, 3.8) is 0 Å². The lowest BCUT2D eigenvalue weighted by molar-refractivity contribution is -0.124. The van der Waals surface area contributed by atoms with Crippen molar-refractivity contribution in [2.24, 2.45) is 23.7 Å². The van der Waals surface area contributed by atoms with Gasteiger partial charge in [0.05, 0.1) is 11.8 Å². The topological polar surface area (TPSA) is 77.8 Å². The third-order valence-corrected chi connectivity index (χ3v) is 10.5. The SMILES string of the molecule is C[C@H]1CC[C@H](C(=O)N(c2cc(C3=CC4CCCCC4CC3)sc2C(=O)O)[C@H]2CC[C@H](O)CC2)CC1. The van der Waals surface area contributed by atoms with Crippen molar-refractivity contribution in [1.82, 2.24) is 0 Å². The van der Waals surface area contributed by atoms with Gasteiger partial charge in [0.15, 0.2) is 0 Å². The summed E-state index contributed by atoms with van der Waals surface area (Å²) in [5.41, 5.74) is 1.89. The van der Waals surface area contributed by atoms with Crippen molar-refractivity contribution >= 4 is 34.5 Å². The third-order valence-electron chi connectivity index (χ3n) is 9.28. The van der Waals surface area contributed by atoms with Crippen molar-refractivity contribution in [2.45, 2.75) is 109 Å². The minimum atomic E-state index is -0.936. The van der Waals surface area contributed by atoms with E-state index in [1.807, 2.05) is 11.0 Å². The maximum Gasteiger partial charge on any atom is 0.348 e. The van der Waals surface area contributed by atoms with Crippen LogP contribution in [0.1, 0.15) is 111 Å². The number of carbonyl (C=O) groups is 2. The minimum absolute atomic E-state index is 0.0278. The zero-order valence-corrected chi connectivity index (χ0v) is 21.9. The molecule has 35 heavy (non-hydrogen) atoms. The number of hydrogen-bond donors (Lipinski definition) is 2. The number of allylic oxidation sites excluding steroid dienone is 2. The molecule has 2 unspecified atom stereocenters. The number of amides is 1. The number of rotatable bonds is 5. The second-order valence-electron chi connectivity index (χ2n) is 11.7. The van der Waals surface area contributed by atoms with E-state index in [1.165, 1.54) is 49.0 Å². The van der Waals surface area contributed by atoms with Gasteiger partial charge in [0.1, 0.15) is 4.88 Å². The number of aliphatic hydroxyl groups excluding tert-OH is 1. The van der Waals surface area contributed by atoms with Crippen LogP contribution in [0.2, 0.25) is 0 Å². The molecule has 0 radical (unpaired) electrons. The molecule has 1 aromatic rings. The molecule has 5 nitrogen and oxygen atoms in total. The first-order valence-corrected chi connectivity index (χ1v) is 14.8. The zero-order valence-electron chi connectivity index (χ0n) is 21.1. The molecule has 0 spiro atoms. The predicted molar refractivity (Wildman–Crippen MR) is 141 cm³/mol. The van der Waals surface area contributed by atoms with Gasteiger partial charge < -0.3 is 15.1 Å². The number of hydrogen-bond acceptors (Lipinski definition) is 4. The Hall–Kier alpha value is -1.66. The molecule has 0 aliphatic heterocycles. The van der Waals surface area contributed by atoms with E-state index in [1.54, 1.807) is 0 Å². The molecule has 6 heteroatoms. The average molecular weight is 500 g/mol. The number of thiophene rings is 1. The molecular formula is C29H41NO4S. The first kappa shape index (κ1) is 25.0. The van der Waals surface area contributed by atoms with Crippen LogP contribution in [-0.2, 0) is 4.79 Å². The largest absolute Gasteiger partial charge is 0.477 e. The number of carboxylic acid groups (broad SMARTS) is 1. The second-order valence-corrected chi connectivity index (χ2v) is 12.7. The normalized spacial score (nSPS) is 33.5. The van der Waals surface area contributed by atoms with Crippen LogP contribution in [0.15, 0.2) is 12.1 Å². The van der Waals surface area contributed by atoms with Gasteiger partial charge in [-0.3, -0.25) is 4.79 Å². The summed E-state index contributed by atoms with van der Waals surface area (Å²) >= 11 is 1.36. The number of fused-ring (bicyclic) bond motifs is 1. The molecule has 1 amide bonds. The van der Waals surface area contributed by atoms with Crippen LogP contribution in [0.25, 0.3) is 5.57 Å². The lowest BCUT2D eigenvalue weighted by Gasteiger charge is -2.38. The maximum absolute atomic E-state index is 14.0. The van der Waals surface area contributed by atoms with Crippen LogP contribution >= 0.6 is 11.3 Å². The molecule has 0 bridgehead atoms. The van der Waals surface area contributed by atoms with Crippen LogP contribution in [0.3, 0.4) is 0 Å². The van der Waals surface area contributed by atoms with E-state index in [9.17, 15) is 19.8 Å². The molecule has 3 fully saturated rings. The monoisotopic (exact) mass is 499 g/mol. The van der Waals surface area contributed by atoms with Crippen molar-refractivity contribution in [1.29, 1.82) is 0 Å². The molecule has 0 saturated heterocycles. The van der Waals surface area contributed by atoms with Crippen molar-refractivity contribution in [3.05, 3.63) is 21.9 Å². The zero-order chi connectivity index (χ0) is 24.5. The fourth-order valence-corrected chi connectivity index (χ4v) is 8.13. The van der Waals surface area contributed by atoms with E-state index >= 15 is 0 Å². The summed E-state index contributed by atoms with van der Waals surface area (Å²) in [4.78, 5) is 29.6. The Morgan fingerprint density at radius 1 is 0.943 bits per heavy atom. The Morgan fingerprint density at radius 3 is 2.37 bits per heavy atom. The van der Waals surface area contributed by atoms with Crippen molar-refractivity contribution in [3.8, 4) is 0 Å². The van der Waals surface area contributed by atoms with Crippen LogP contribution in [0.5, 0.6) is 0 Å². The van der Waals surface area contributed by atoms with Crippen LogP contribution in [-0.4, -0.2) is 34.2 Å². The van der Waals surface area contributed by atoms with Gasteiger partial charge in [-0.05, 0) is 106 Å². The standard InChI is InChI=1S/C29H41NO4S/c1-18-6-8-20(9-7-18)28(32)30(23-12-14-24(31)15-13-23)25-17-26(35-27(25)29(33)34)22-11-10-19-4-2-3-5-21(19)16-22/h16-21,23-24,31H,2-15H2,1H3,(H,33,34)/t18-,19?,20-,21?,23-,24-.